The summed E-state index contributed by atoms with van der Waals surface area (Å²) in [5, 5.41) is 9.84. The highest BCUT2D eigenvalue weighted by Gasteiger charge is 2.18. The first kappa shape index (κ1) is 18.7. The molecule has 27 heavy (non-hydrogen) atoms. The van der Waals surface area contributed by atoms with E-state index >= 15 is 0 Å². The maximum atomic E-state index is 12.1. The number of benzene rings is 1. The van der Waals surface area contributed by atoms with Crippen LogP contribution in [0.4, 0.5) is 0 Å². The number of carbonyl (C=O) groups excluding carboxylic acids is 1. The van der Waals surface area contributed by atoms with E-state index in [0.717, 1.165) is 4.88 Å². The first-order valence-electron chi connectivity index (χ1n) is 8.08. The summed E-state index contributed by atoms with van der Waals surface area (Å²) in [5.41, 5.74) is 0.694. The molecule has 0 unspecified atom stereocenters. The molecule has 0 aliphatic carbocycles. The minimum absolute atomic E-state index is 0.235. The lowest BCUT2D eigenvalue weighted by Crippen LogP contribution is -2.06. The van der Waals surface area contributed by atoms with Crippen LogP contribution in [0, 0.1) is 0 Å². The zero-order valence-corrected chi connectivity index (χ0v) is 15.9. The third-order valence-corrected chi connectivity index (χ3v) is 4.51. The molecule has 1 atom stereocenters. The predicted octanol–water partition coefficient (Wildman–Crippen LogP) is 4.13. The van der Waals surface area contributed by atoms with E-state index in [9.17, 15) is 4.79 Å². The van der Waals surface area contributed by atoms with Crippen molar-refractivity contribution in [2.75, 3.05) is 14.2 Å². The van der Waals surface area contributed by atoms with Gasteiger partial charge < -0.3 is 18.6 Å². The molecule has 3 rings (SSSR count). The number of esters is 1. The van der Waals surface area contributed by atoms with Gasteiger partial charge >= 0.3 is 5.97 Å². The van der Waals surface area contributed by atoms with E-state index in [1.807, 2.05) is 17.5 Å². The maximum absolute atomic E-state index is 12.1. The molecule has 3 aromatic rings. The molecule has 0 aliphatic heterocycles. The van der Waals surface area contributed by atoms with Gasteiger partial charge in [0.05, 0.1) is 19.1 Å². The van der Waals surface area contributed by atoms with Crippen LogP contribution in [-0.2, 0) is 9.53 Å². The Morgan fingerprint density at radius 2 is 2.07 bits per heavy atom. The Morgan fingerprint density at radius 3 is 2.78 bits per heavy atom. The van der Waals surface area contributed by atoms with Gasteiger partial charge in [-0.1, -0.05) is 6.07 Å². The molecular formula is C19H18N2O5S. The van der Waals surface area contributed by atoms with Crippen LogP contribution in [0.15, 0.2) is 46.2 Å². The van der Waals surface area contributed by atoms with Gasteiger partial charge in [-0.15, -0.1) is 21.5 Å². The summed E-state index contributed by atoms with van der Waals surface area (Å²) >= 11 is 1.49. The molecule has 8 heteroatoms. The smallest absolute Gasteiger partial charge is 0.331 e. The number of nitrogens with zero attached hydrogens (tertiary/aromatic N) is 2. The average molecular weight is 386 g/mol. The summed E-state index contributed by atoms with van der Waals surface area (Å²) in [4.78, 5) is 13.0. The van der Waals surface area contributed by atoms with Gasteiger partial charge in [-0.05, 0) is 42.6 Å². The molecule has 7 nitrogen and oxygen atoms in total. The van der Waals surface area contributed by atoms with Crippen LogP contribution in [0.2, 0.25) is 0 Å². The third kappa shape index (κ3) is 4.53. The van der Waals surface area contributed by atoms with Crippen molar-refractivity contribution in [2.45, 2.75) is 13.0 Å². The molecule has 140 valence electrons. The van der Waals surface area contributed by atoms with Crippen LogP contribution >= 0.6 is 11.3 Å². The lowest BCUT2D eigenvalue weighted by Gasteiger charge is -2.08. The van der Waals surface area contributed by atoms with E-state index < -0.39 is 12.1 Å². The van der Waals surface area contributed by atoms with Gasteiger partial charge in [0.2, 0.25) is 0 Å². The fourth-order valence-electron chi connectivity index (χ4n) is 2.29. The first-order valence-corrected chi connectivity index (χ1v) is 8.96. The van der Waals surface area contributed by atoms with Crippen molar-refractivity contribution in [1.29, 1.82) is 0 Å². The van der Waals surface area contributed by atoms with Gasteiger partial charge in [0, 0.05) is 11.6 Å². The average Bonchev–Trinajstić information content (AvgIpc) is 3.37. The van der Waals surface area contributed by atoms with Gasteiger partial charge in [-0.25, -0.2) is 4.79 Å². The van der Waals surface area contributed by atoms with Crippen LogP contribution in [0.25, 0.3) is 16.8 Å². The molecule has 2 heterocycles. The van der Waals surface area contributed by atoms with Crippen LogP contribution in [-0.4, -0.2) is 30.4 Å². The van der Waals surface area contributed by atoms with Crippen LogP contribution in [0.1, 0.15) is 24.5 Å². The van der Waals surface area contributed by atoms with Crippen molar-refractivity contribution in [3.63, 3.8) is 0 Å². The van der Waals surface area contributed by atoms with Gasteiger partial charge in [0.25, 0.3) is 11.8 Å². The molecule has 2 aromatic heterocycles. The topological polar surface area (TPSA) is 83.7 Å². The van der Waals surface area contributed by atoms with Crippen LogP contribution in [0.3, 0.4) is 0 Å². The van der Waals surface area contributed by atoms with Gasteiger partial charge in [0.1, 0.15) is 11.5 Å². The number of rotatable bonds is 7. The lowest BCUT2D eigenvalue weighted by molar-refractivity contribution is -0.143. The second-order valence-electron chi connectivity index (χ2n) is 5.44. The zero-order valence-electron chi connectivity index (χ0n) is 15.0. The van der Waals surface area contributed by atoms with Gasteiger partial charge in [-0.2, -0.15) is 0 Å². The number of thiophene rings is 1. The van der Waals surface area contributed by atoms with Crippen molar-refractivity contribution >= 4 is 23.4 Å². The number of hydrogen-bond donors (Lipinski definition) is 0. The number of hydrogen-bond acceptors (Lipinski definition) is 8. The zero-order chi connectivity index (χ0) is 19.2. The van der Waals surface area contributed by atoms with E-state index in [-0.39, 0.29) is 5.89 Å². The van der Waals surface area contributed by atoms with Crippen molar-refractivity contribution in [3.05, 3.63) is 53.2 Å². The molecule has 0 aliphatic rings. The molecule has 0 N–H and O–H groups in total. The lowest BCUT2D eigenvalue weighted by atomic mass is 10.1. The van der Waals surface area contributed by atoms with E-state index in [1.165, 1.54) is 17.4 Å². The third-order valence-electron chi connectivity index (χ3n) is 3.65. The molecule has 0 fully saturated rings. The normalized spacial score (nSPS) is 12.1. The van der Waals surface area contributed by atoms with E-state index in [4.69, 9.17) is 18.6 Å². The number of aromatic nitrogens is 2. The summed E-state index contributed by atoms with van der Waals surface area (Å²) < 4.78 is 21.4. The summed E-state index contributed by atoms with van der Waals surface area (Å²) in [7, 11) is 3.13. The minimum Gasteiger partial charge on any atom is -0.497 e. The van der Waals surface area contributed by atoms with Crippen molar-refractivity contribution in [3.8, 4) is 22.3 Å². The summed E-state index contributed by atoms with van der Waals surface area (Å²) in [5.74, 6) is 1.37. The number of methoxy groups -OCH3 is 2. The quantitative estimate of drug-likeness (QED) is 0.446. The van der Waals surface area contributed by atoms with E-state index in [2.05, 4.69) is 10.2 Å². The predicted molar refractivity (Wildman–Crippen MR) is 101 cm³/mol. The van der Waals surface area contributed by atoms with Crippen molar-refractivity contribution < 1.29 is 23.4 Å². The molecule has 0 bridgehead atoms. The molecule has 0 amide bonds. The highest BCUT2D eigenvalue weighted by Crippen LogP contribution is 2.27. The number of ether oxygens (including phenoxy) is 3. The standard InChI is InChI=1S/C19H18N2O5S/c1-12(18-20-21-19(26-18)16-5-4-10-27-16)25-17(22)9-6-13-11-14(23-2)7-8-15(13)24-3/h4-12H,1-3H3/b9-6+/t12-/m1/s1. The Hall–Kier alpha value is -3.13. The van der Waals surface area contributed by atoms with Crippen molar-refractivity contribution in [1.82, 2.24) is 10.2 Å². The fourth-order valence-corrected chi connectivity index (χ4v) is 2.93. The monoisotopic (exact) mass is 386 g/mol. The summed E-state index contributed by atoms with van der Waals surface area (Å²) in [6.45, 7) is 1.67. The second kappa shape index (κ2) is 8.50. The Morgan fingerprint density at radius 1 is 1.22 bits per heavy atom. The van der Waals surface area contributed by atoms with Crippen molar-refractivity contribution in [2.24, 2.45) is 0 Å². The molecule has 0 saturated carbocycles. The number of carbonyl (C=O) groups is 1. The highest BCUT2D eigenvalue weighted by molar-refractivity contribution is 7.13. The minimum atomic E-state index is -0.671. The maximum Gasteiger partial charge on any atom is 0.331 e. The second-order valence-corrected chi connectivity index (χ2v) is 6.39. The Kier molecular flexibility index (Phi) is 5.87. The highest BCUT2D eigenvalue weighted by atomic mass is 32.1. The SMILES string of the molecule is COc1ccc(OC)c(/C=C/C(=O)O[C@H](C)c2nnc(-c3cccs3)o2)c1. The van der Waals surface area contributed by atoms with Crippen LogP contribution < -0.4 is 9.47 Å². The summed E-state index contributed by atoms with van der Waals surface area (Å²) in [6.07, 6.45) is 2.24. The fraction of sp³-hybridized carbons (Fsp3) is 0.211. The Labute approximate surface area is 160 Å². The molecular weight excluding hydrogens is 368 g/mol. The Balaban J connectivity index is 1.66. The largest absolute Gasteiger partial charge is 0.497 e. The van der Waals surface area contributed by atoms with E-state index in [0.29, 0.717) is 23.0 Å². The van der Waals surface area contributed by atoms with Crippen LogP contribution in [0.5, 0.6) is 11.5 Å². The van der Waals surface area contributed by atoms with Gasteiger partial charge in [0.15, 0.2) is 6.10 Å². The molecule has 0 radical (unpaired) electrons. The molecule has 0 spiro atoms. The summed E-state index contributed by atoms with van der Waals surface area (Å²) in [6, 6.07) is 9.07. The van der Waals surface area contributed by atoms with E-state index in [1.54, 1.807) is 45.4 Å². The first-order chi connectivity index (χ1) is 13.1. The molecule has 0 saturated heterocycles. The Bertz CT molecular complexity index is 933. The van der Waals surface area contributed by atoms with Gasteiger partial charge in [-0.3, -0.25) is 0 Å². The molecule has 1 aromatic carbocycles.